The summed E-state index contributed by atoms with van der Waals surface area (Å²) >= 11 is 1.38. The number of fused-ring (bicyclic) bond motifs is 1. The molecule has 1 aliphatic heterocycles. The van der Waals surface area contributed by atoms with Crippen LogP contribution in [0.4, 0.5) is 0 Å². The van der Waals surface area contributed by atoms with Gasteiger partial charge in [-0.3, -0.25) is 4.79 Å². The molecule has 0 amide bonds. The molecule has 0 bridgehead atoms. The molecule has 0 spiro atoms. The molecule has 7 nitrogen and oxygen atoms in total. The van der Waals surface area contributed by atoms with Gasteiger partial charge in [0, 0.05) is 17.7 Å². The number of methoxy groups -OCH3 is 1. The first-order valence-corrected chi connectivity index (χ1v) is 10.3. The highest BCUT2D eigenvalue weighted by Gasteiger charge is 2.18. The third-order valence-corrected chi connectivity index (χ3v) is 5.54. The molecule has 0 saturated heterocycles. The highest BCUT2D eigenvalue weighted by Crippen LogP contribution is 2.32. The van der Waals surface area contributed by atoms with E-state index in [1.165, 1.54) is 11.8 Å². The van der Waals surface area contributed by atoms with Crippen LogP contribution in [0, 0.1) is 0 Å². The average molecular weight is 411 g/mol. The molecule has 0 unspecified atom stereocenters. The number of ether oxygens (including phenoxy) is 3. The fourth-order valence-corrected chi connectivity index (χ4v) is 3.96. The number of nitrogens with zero attached hydrogens (tertiary/aromatic N) is 3. The van der Waals surface area contributed by atoms with Gasteiger partial charge in [-0.2, -0.15) is 0 Å². The fraction of sp³-hybridized carbons (Fsp3) is 0.286. The number of thioether (sulfide) groups is 1. The predicted molar refractivity (Wildman–Crippen MR) is 110 cm³/mol. The van der Waals surface area contributed by atoms with Gasteiger partial charge in [0.2, 0.25) is 0 Å². The van der Waals surface area contributed by atoms with E-state index in [1.54, 1.807) is 25.3 Å². The first-order valence-electron chi connectivity index (χ1n) is 9.33. The lowest BCUT2D eigenvalue weighted by Crippen LogP contribution is -2.16. The van der Waals surface area contributed by atoms with Crippen LogP contribution in [0.1, 0.15) is 17.3 Å². The van der Waals surface area contributed by atoms with Crippen LogP contribution in [0.5, 0.6) is 17.2 Å². The van der Waals surface area contributed by atoms with Crippen molar-refractivity contribution in [3.05, 3.63) is 48.0 Å². The van der Waals surface area contributed by atoms with Crippen molar-refractivity contribution < 1.29 is 19.0 Å². The molecule has 1 aliphatic rings. The molecule has 4 rings (SSSR count). The van der Waals surface area contributed by atoms with Gasteiger partial charge in [-0.05, 0) is 49.4 Å². The summed E-state index contributed by atoms with van der Waals surface area (Å²) in [6.07, 6.45) is 0. The van der Waals surface area contributed by atoms with E-state index in [-0.39, 0.29) is 11.5 Å². The number of rotatable bonds is 7. The molecular weight excluding hydrogens is 390 g/mol. The Labute approximate surface area is 173 Å². The molecular formula is C21H21N3O4S. The zero-order valence-corrected chi connectivity index (χ0v) is 17.1. The van der Waals surface area contributed by atoms with Crippen LogP contribution in [0.3, 0.4) is 0 Å². The Morgan fingerprint density at radius 2 is 1.86 bits per heavy atom. The number of Topliss-reactive ketones (excluding diaryl/α,β-unsaturated/α-hetero) is 1. The number of aromatic nitrogens is 3. The number of carbonyl (C=O) groups excluding carboxylic acids is 1. The second kappa shape index (κ2) is 8.57. The molecule has 0 atom stereocenters. The van der Waals surface area contributed by atoms with Crippen LogP contribution in [-0.4, -0.2) is 46.6 Å². The molecule has 2 aromatic carbocycles. The van der Waals surface area contributed by atoms with Gasteiger partial charge >= 0.3 is 0 Å². The van der Waals surface area contributed by atoms with Gasteiger partial charge in [-0.25, -0.2) is 0 Å². The van der Waals surface area contributed by atoms with E-state index in [2.05, 4.69) is 10.2 Å². The maximum atomic E-state index is 12.7. The molecule has 150 valence electrons. The average Bonchev–Trinajstić information content (AvgIpc) is 3.20. The summed E-state index contributed by atoms with van der Waals surface area (Å²) in [7, 11) is 1.64. The predicted octanol–water partition coefficient (Wildman–Crippen LogP) is 3.72. The van der Waals surface area contributed by atoms with E-state index in [9.17, 15) is 4.79 Å². The van der Waals surface area contributed by atoms with Gasteiger partial charge in [0.15, 0.2) is 28.3 Å². The van der Waals surface area contributed by atoms with E-state index in [0.29, 0.717) is 42.0 Å². The van der Waals surface area contributed by atoms with Crippen LogP contribution in [0.25, 0.3) is 11.4 Å². The Morgan fingerprint density at radius 1 is 1.10 bits per heavy atom. The quantitative estimate of drug-likeness (QED) is 0.433. The third kappa shape index (κ3) is 4.07. The van der Waals surface area contributed by atoms with Gasteiger partial charge in [0.25, 0.3) is 0 Å². The van der Waals surface area contributed by atoms with Gasteiger partial charge in [0.05, 0.1) is 12.9 Å². The van der Waals surface area contributed by atoms with E-state index >= 15 is 0 Å². The van der Waals surface area contributed by atoms with E-state index in [0.717, 1.165) is 17.1 Å². The third-order valence-electron chi connectivity index (χ3n) is 4.58. The SMILES string of the molecule is CCn1c(SCC(=O)c2ccc3c(c2)OCCO3)nnc1-c1ccc(OC)cc1. The van der Waals surface area contributed by atoms with Crippen LogP contribution in [0.2, 0.25) is 0 Å². The molecule has 0 aliphatic carbocycles. The number of hydrogen-bond acceptors (Lipinski definition) is 7. The summed E-state index contributed by atoms with van der Waals surface area (Å²) in [5.74, 6) is 3.12. The molecule has 8 heteroatoms. The van der Waals surface area contributed by atoms with Crippen LogP contribution in [0.15, 0.2) is 47.6 Å². The standard InChI is InChI=1S/C21H21N3O4S/c1-3-24-20(14-4-7-16(26-2)8-5-14)22-23-21(24)29-13-17(25)15-6-9-18-19(12-15)28-11-10-27-18/h4-9,12H,3,10-11,13H2,1-2H3. The number of ketones is 1. The Morgan fingerprint density at radius 3 is 2.59 bits per heavy atom. The summed E-state index contributed by atoms with van der Waals surface area (Å²) in [6, 6.07) is 13.0. The molecule has 1 aromatic heterocycles. The lowest BCUT2D eigenvalue weighted by molar-refractivity contribution is 0.102. The maximum absolute atomic E-state index is 12.7. The van der Waals surface area contributed by atoms with Crippen molar-refractivity contribution >= 4 is 17.5 Å². The molecule has 0 saturated carbocycles. The topological polar surface area (TPSA) is 75.5 Å². The monoisotopic (exact) mass is 411 g/mol. The summed E-state index contributed by atoms with van der Waals surface area (Å²) in [4.78, 5) is 12.7. The lowest BCUT2D eigenvalue weighted by atomic mass is 10.1. The van der Waals surface area contributed by atoms with Gasteiger partial charge in [-0.15, -0.1) is 10.2 Å². The summed E-state index contributed by atoms with van der Waals surface area (Å²) in [5, 5.41) is 9.33. The fourth-order valence-electron chi connectivity index (χ4n) is 3.06. The Bertz CT molecular complexity index is 1020. The summed E-state index contributed by atoms with van der Waals surface area (Å²) < 4.78 is 18.3. The molecule has 3 aromatic rings. The molecule has 2 heterocycles. The van der Waals surface area contributed by atoms with Crippen molar-refractivity contribution in [2.75, 3.05) is 26.1 Å². The minimum absolute atomic E-state index is 0.00336. The van der Waals surface area contributed by atoms with Gasteiger partial charge < -0.3 is 18.8 Å². The molecule has 0 fully saturated rings. The van der Waals surface area contributed by atoms with Gasteiger partial charge in [0.1, 0.15) is 19.0 Å². The normalized spacial score (nSPS) is 12.6. The van der Waals surface area contributed by atoms with E-state index < -0.39 is 0 Å². The first-order chi connectivity index (χ1) is 14.2. The Kier molecular flexibility index (Phi) is 5.71. The highest BCUT2D eigenvalue weighted by molar-refractivity contribution is 7.99. The summed E-state index contributed by atoms with van der Waals surface area (Å²) in [5.41, 5.74) is 1.55. The van der Waals surface area contributed by atoms with E-state index in [4.69, 9.17) is 14.2 Å². The second-order valence-electron chi connectivity index (χ2n) is 6.35. The lowest BCUT2D eigenvalue weighted by Gasteiger charge is -2.18. The van der Waals surface area contributed by atoms with Crippen LogP contribution >= 0.6 is 11.8 Å². The van der Waals surface area contributed by atoms with Crippen molar-refractivity contribution in [3.8, 4) is 28.6 Å². The highest BCUT2D eigenvalue weighted by atomic mass is 32.2. The number of carbonyl (C=O) groups is 1. The van der Waals surface area contributed by atoms with Crippen LogP contribution < -0.4 is 14.2 Å². The summed E-state index contributed by atoms with van der Waals surface area (Å²) in [6.45, 7) is 3.75. The molecule has 29 heavy (non-hydrogen) atoms. The minimum atomic E-state index is 0.00336. The maximum Gasteiger partial charge on any atom is 0.191 e. The molecule has 0 radical (unpaired) electrons. The van der Waals surface area contributed by atoms with E-state index in [1.807, 2.05) is 35.8 Å². The Balaban J connectivity index is 1.48. The van der Waals surface area contributed by atoms with Crippen molar-refractivity contribution in [3.63, 3.8) is 0 Å². The van der Waals surface area contributed by atoms with Crippen molar-refractivity contribution in [1.82, 2.24) is 14.8 Å². The molecule has 0 N–H and O–H groups in total. The van der Waals surface area contributed by atoms with Crippen molar-refractivity contribution in [2.45, 2.75) is 18.6 Å². The number of hydrogen-bond donors (Lipinski definition) is 0. The number of benzene rings is 2. The largest absolute Gasteiger partial charge is 0.497 e. The van der Waals surface area contributed by atoms with Crippen LogP contribution in [-0.2, 0) is 6.54 Å². The zero-order valence-electron chi connectivity index (χ0n) is 16.3. The van der Waals surface area contributed by atoms with Crippen molar-refractivity contribution in [2.24, 2.45) is 0 Å². The minimum Gasteiger partial charge on any atom is -0.497 e. The van der Waals surface area contributed by atoms with Crippen molar-refractivity contribution in [1.29, 1.82) is 0 Å². The smallest absolute Gasteiger partial charge is 0.191 e. The zero-order chi connectivity index (χ0) is 20.2. The Hall–Kier alpha value is -3.00. The van der Waals surface area contributed by atoms with Gasteiger partial charge in [-0.1, -0.05) is 11.8 Å². The first kappa shape index (κ1) is 19.3. The second-order valence-corrected chi connectivity index (χ2v) is 7.29.